The molecule has 5 heteroatoms. The summed E-state index contributed by atoms with van der Waals surface area (Å²) in [6, 6.07) is 0.0442. The van der Waals surface area contributed by atoms with Crippen LogP contribution >= 0.6 is 0 Å². The topological polar surface area (TPSA) is 61.8 Å². The van der Waals surface area contributed by atoms with Crippen LogP contribution in [0.2, 0.25) is 0 Å². The third kappa shape index (κ3) is 3.93. The molecule has 3 rings (SSSR count). The van der Waals surface area contributed by atoms with E-state index >= 15 is 0 Å². The van der Waals surface area contributed by atoms with Gasteiger partial charge in [0.05, 0.1) is 5.60 Å². The summed E-state index contributed by atoms with van der Waals surface area (Å²) in [6.07, 6.45) is 8.83. The Morgan fingerprint density at radius 2 is 1.82 bits per heavy atom. The van der Waals surface area contributed by atoms with Crippen molar-refractivity contribution in [3.8, 4) is 0 Å². The second-order valence-corrected chi connectivity index (χ2v) is 7.38. The largest absolute Gasteiger partial charge is 0.390 e. The molecule has 3 fully saturated rings. The fourth-order valence-electron chi connectivity index (χ4n) is 4.10. The molecule has 0 unspecified atom stereocenters. The van der Waals surface area contributed by atoms with Crippen LogP contribution in [0, 0.1) is 11.8 Å². The minimum atomic E-state index is -0.648. The van der Waals surface area contributed by atoms with Gasteiger partial charge in [-0.2, -0.15) is 0 Å². The highest BCUT2D eigenvalue weighted by Crippen LogP contribution is 2.35. The Hall–Kier alpha value is -0.810. The fourth-order valence-corrected chi connectivity index (χ4v) is 4.10. The van der Waals surface area contributed by atoms with Crippen molar-refractivity contribution < 1.29 is 14.6 Å². The maximum Gasteiger partial charge on any atom is 0.317 e. The van der Waals surface area contributed by atoms with Gasteiger partial charge in [-0.3, -0.25) is 0 Å². The van der Waals surface area contributed by atoms with Crippen molar-refractivity contribution in [1.82, 2.24) is 10.2 Å². The number of carbonyl (C=O) groups is 1. The van der Waals surface area contributed by atoms with E-state index in [0.717, 1.165) is 24.9 Å². The van der Waals surface area contributed by atoms with Crippen molar-refractivity contribution in [2.75, 3.05) is 32.8 Å². The Labute approximate surface area is 133 Å². The van der Waals surface area contributed by atoms with E-state index < -0.39 is 5.60 Å². The number of hydrogen-bond acceptors (Lipinski definition) is 3. The number of nitrogens with zero attached hydrogens (tertiary/aromatic N) is 1. The molecule has 2 aliphatic heterocycles. The van der Waals surface area contributed by atoms with Crippen LogP contribution in [0.4, 0.5) is 4.79 Å². The maximum absolute atomic E-state index is 12.1. The number of ether oxygens (including phenoxy) is 1. The third-order valence-electron chi connectivity index (χ3n) is 5.80. The SMILES string of the molecule is O=C(NCCC1(O)CCOCC1)N1CC(C2CCCCC2)C1. The standard InChI is InChI=1S/C17H30N2O3/c20-16(18-9-6-17(21)7-10-22-11-8-17)19-12-15(13-19)14-4-2-1-3-5-14/h14-15,21H,1-13H2,(H,18,20). The number of likely N-dealkylation sites (tertiary alicyclic amines) is 1. The molecule has 2 N–H and O–H groups in total. The molecule has 3 aliphatic rings. The van der Waals surface area contributed by atoms with Gasteiger partial charge >= 0.3 is 6.03 Å². The first-order valence-corrected chi connectivity index (χ1v) is 8.99. The van der Waals surface area contributed by atoms with Crippen molar-refractivity contribution in [1.29, 1.82) is 0 Å². The molecule has 0 radical (unpaired) electrons. The quantitative estimate of drug-likeness (QED) is 0.836. The van der Waals surface area contributed by atoms with Crippen LogP contribution in [-0.2, 0) is 4.74 Å². The molecular weight excluding hydrogens is 280 g/mol. The first kappa shape index (κ1) is 16.1. The highest BCUT2D eigenvalue weighted by Gasteiger charge is 2.36. The lowest BCUT2D eigenvalue weighted by Gasteiger charge is -2.44. The summed E-state index contributed by atoms with van der Waals surface area (Å²) in [7, 11) is 0. The molecule has 0 spiro atoms. The molecule has 0 atom stereocenters. The second-order valence-electron chi connectivity index (χ2n) is 7.38. The number of aliphatic hydroxyl groups is 1. The first-order valence-electron chi connectivity index (χ1n) is 8.99. The molecule has 0 bridgehead atoms. The molecule has 22 heavy (non-hydrogen) atoms. The number of urea groups is 1. The van der Waals surface area contributed by atoms with E-state index in [0.29, 0.717) is 39.0 Å². The summed E-state index contributed by atoms with van der Waals surface area (Å²) in [5.41, 5.74) is -0.648. The van der Waals surface area contributed by atoms with Gasteiger partial charge in [0.1, 0.15) is 0 Å². The van der Waals surface area contributed by atoms with E-state index in [-0.39, 0.29) is 6.03 Å². The molecule has 5 nitrogen and oxygen atoms in total. The van der Waals surface area contributed by atoms with Crippen LogP contribution in [0.15, 0.2) is 0 Å². The second kappa shape index (κ2) is 7.18. The van der Waals surface area contributed by atoms with E-state index in [4.69, 9.17) is 4.74 Å². The molecule has 0 aromatic heterocycles. The Balaban J connectivity index is 1.32. The van der Waals surface area contributed by atoms with Crippen LogP contribution in [-0.4, -0.2) is 54.5 Å². The molecule has 1 aliphatic carbocycles. The van der Waals surface area contributed by atoms with Crippen LogP contribution in [0.25, 0.3) is 0 Å². The minimum absolute atomic E-state index is 0.0442. The van der Waals surface area contributed by atoms with Gasteiger partial charge in [0.15, 0.2) is 0 Å². The lowest BCUT2D eigenvalue weighted by Crippen LogP contribution is -2.56. The summed E-state index contributed by atoms with van der Waals surface area (Å²) in [5.74, 6) is 1.58. The van der Waals surface area contributed by atoms with Gasteiger partial charge < -0.3 is 20.1 Å². The predicted octanol–water partition coefficient (Wildman–Crippen LogP) is 2.14. The summed E-state index contributed by atoms with van der Waals surface area (Å²) in [5, 5.41) is 13.3. The van der Waals surface area contributed by atoms with Crippen LogP contribution in [0.5, 0.6) is 0 Å². The van der Waals surface area contributed by atoms with Gasteiger partial charge in [-0.05, 0) is 31.1 Å². The third-order valence-corrected chi connectivity index (χ3v) is 5.80. The monoisotopic (exact) mass is 310 g/mol. The van der Waals surface area contributed by atoms with Gasteiger partial charge in [0.25, 0.3) is 0 Å². The zero-order valence-electron chi connectivity index (χ0n) is 13.6. The van der Waals surface area contributed by atoms with E-state index in [1.807, 2.05) is 4.90 Å². The molecular formula is C17H30N2O3. The van der Waals surface area contributed by atoms with E-state index in [9.17, 15) is 9.90 Å². The fraction of sp³-hybridized carbons (Fsp3) is 0.941. The normalized spacial score (nSPS) is 26.5. The Morgan fingerprint density at radius 1 is 1.14 bits per heavy atom. The number of carbonyl (C=O) groups excluding carboxylic acids is 1. The van der Waals surface area contributed by atoms with Crippen LogP contribution < -0.4 is 5.32 Å². The van der Waals surface area contributed by atoms with Crippen LogP contribution in [0.1, 0.15) is 51.4 Å². The van der Waals surface area contributed by atoms with Gasteiger partial charge in [-0.1, -0.05) is 32.1 Å². The molecule has 0 aromatic rings. The first-order chi connectivity index (χ1) is 10.7. The van der Waals surface area contributed by atoms with Crippen molar-refractivity contribution in [2.45, 2.75) is 57.0 Å². The average molecular weight is 310 g/mol. The molecule has 0 aromatic carbocycles. The molecule has 2 amide bonds. The Kier molecular flexibility index (Phi) is 5.24. The number of nitrogens with one attached hydrogen (secondary N) is 1. The summed E-state index contributed by atoms with van der Waals surface area (Å²) < 4.78 is 5.27. The lowest BCUT2D eigenvalue weighted by molar-refractivity contribution is -0.0671. The van der Waals surface area contributed by atoms with Gasteiger partial charge in [0, 0.05) is 32.8 Å². The molecule has 2 heterocycles. The number of hydrogen-bond donors (Lipinski definition) is 2. The molecule has 126 valence electrons. The minimum Gasteiger partial charge on any atom is -0.390 e. The van der Waals surface area contributed by atoms with Crippen molar-refractivity contribution in [3.63, 3.8) is 0 Å². The smallest absolute Gasteiger partial charge is 0.317 e. The predicted molar refractivity (Wildman–Crippen MR) is 84.7 cm³/mol. The van der Waals surface area contributed by atoms with Crippen LogP contribution in [0.3, 0.4) is 0 Å². The van der Waals surface area contributed by atoms with Crippen molar-refractivity contribution in [3.05, 3.63) is 0 Å². The lowest BCUT2D eigenvalue weighted by atomic mass is 9.76. The highest BCUT2D eigenvalue weighted by molar-refractivity contribution is 5.75. The maximum atomic E-state index is 12.1. The zero-order valence-corrected chi connectivity index (χ0v) is 13.6. The summed E-state index contributed by atoms with van der Waals surface area (Å²) >= 11 is 0. The molecule has 2 saturated heterocycles. The number of amides is 2. The highest BCUT2D eigenvalue weighted by atomic mass is 16.5. The molecule has 1 saturated carbocycles. The van der Waals surface area contributed by atoms with Gasteiger partial charge in [-0.25, -0.2) is 4.79 Å². The zero-order chi connectivity index (χ0) is 15.4. The summed E-state index contributed by atoms with van der Waals surface area (Å²) in [4.78, 5) is 14.0. The van der Waals surface area contributed by atoms with E-state index in [2.05, 4.69) is 5.32 Å². The average Bonchev–Trinajstić information content (AvgIpc) is 2.47. The van der Waals surface area contributed by atoms with Crippen molar-refractivity contribution in [2.24, 2.45) is 11.8 Å². The van der Waals surface area contributed by atoms with E-state index in [1.165, 1.54) is 32.1 Å². The van der Waals surface area contributed by atoms with Gasteiger partial charge in [0.2, 0.25) is 0 Å². The Bertz CT molecular complexity index is 370. The summed E-state index contributed by atoms with van der Waals surface area (Å²) in [6.45, 7) is 3.66. The van der Waals surface area contributed by atoms with Gasteiger partial charge in [-0.15, -0.1) is 0 Å². The van der Waals surface area contributed by atoms with E-state index in [1.54, 1.807) is 0 Å². The number of rotatable bonds is 4. The Morgan fingerprint density at radius 3 is 2.50 bits per heavy atom. The van der Waals surface area contributed by atoms with Crippen molar-refractivity contribution >= 4 is 6.03 Å².